The van der Waals surface area contributed by atoms with Gasteiger partial charge in [-0.05, 0) is 6.42 Å². The molecular weight excluding hydrogens is 669 g/mol. The normalized spacial score (nSPS) is 11.5. The molecule has 0 aromatic carbocycles. The van der Waals surface area contributed by atoms with E-state index in [4.69, 9.17) is 0 Å². The summed E-state index contributed by atoms with van der Waals surface area (Å²) in [5.74, 6) is 0. The fourth-order valence-electron chi connectivity index (χ4n) is 1.17. The van der Waals surface area contributed by atoms with E-state index in [1.165, 1.54) is 12.8 Å². The van der Waals surface area contributed by atoms with Gasteiger partial charge in [-0.25, -0.2) is 9.13 Å². The molecule has 0 radical (unpaired) electrons. The first kappa shape index (κ1) is 52.3. The predicted octanol–water partition coefficient (Wildman–Crippen LogP) is 9.56. The average Bonchev–Trinajstić information content (AvgIpc) is 2.99. The van der Waals surface area contributed by atoms with Crippen molar-refractivity contribution < 1.29 is 108 Å². The highest BCUT2D eigenvalue weighted by Gasteiger charge is 2.22. The van der Waals surface area contributed by atoms with Crippen molar-refractivity contribution in [2.45, 2.75) is 32.9 Å². The van der Waals surface area contributed by atoms with Crippen LogP contribution in [0.5, 0.6) is 0 Å². The molecule has 1 rings (SSSR count). The quantitative estimate of drug-likeness (QED) is 0.126. The van der Waals surface area contributed by atoms with Crippen LogP contribution in [0.15, 0.2) is 31.4 Å². The molecule has 0 aliphatic rings. The van der Waals surface area contributed by atoms with Crippen molar-refractivity contribution in [3.8, 4) is 0 Å². The van der Waals surface area contributed by atoms with Crippen LogP contribution < -0.4 is 4.57 Å². The van der Waals surface area contributed by atoms with Gasteiger partial charge in [0.1, 0.15) is 18.9 Å². The minimum atomic E-state index is -6.00. The lowest BCUT2D eigenvalue weighted by atomic mass is 10.3. The second-order valence-corrected chi connectivity index (χ2v) is 5.96. The molecule has 32 heteroatoms. The summed E-state index contributed by atoms with van der Waals surface area (Å²) >= 11 is 0. The maximum absolute atomic E-state index is 9.75. The lowest BCUT2D eigenvalue weighted by Crippen LogP contribution is -2.30. The third-order valence-electron chi connectivity index (χ3n) is 1.86. The van der Waals surface area contributed by atoms with Gasteiger partial charge in [-0.3, -0.25) is 0 Å². The fraction of sp³-hybridized carbons (Fsp3) is 0.500. The largest absolute Gasteiger partial charge is 0.673 e. The van der Waals surface area contributed by atoms with Crippen LogP contribution in [-0.4, -0.2) is 48.1 Å². The molecule has 1 heterocycles. The number of allylic oxidation sites excluding steroid dienone is 1. The maximum Gasteiger partial charge on any atom is 0.673 e. The summed E-state index contributed by atoms with van der Waals surface area (Å²) in [6.45, 7) is 7.93. The van der Waals surface area contributed by atoms with Crippen molar-refractivity contribution in [2.24, 2.45) is 0 Å². The molecule has 0 N–H and O–H groups in total. The number of halogens is 24. The third kappa shape index (κ3) is 271. The Labute approximate surface area is 221 Å². The Morgan fingerprint density at radius 2 is 0.786 bits per heavy atom. The molecule has 0 saturated carbocycles. The van der Waals surface area contributed by atoms with E-state index >= 15 is 0 Å². The second-order valence-electron chi connectivity index (χ2n) is 5.96. The molecule has 42 heavy (non-hydrogen) atoms. The Balaban J connectivity index is -0.0000000944. The lowest BCUT2D eigenvalue weighted by Gasteiger charge is -1.94. The van der Waals surface area contributed by atoms with Crippen LogP contribution >= 0.6 is 0 Å². The standard InChI is InChI=1S/C10H17N2.6BF4/c1-3-5-7-12-9-8-11(10-12)6-4-2;6*2-1(3,4)5/h4,8-10H,2-3,5-7H2,1H3;;;;;;/q+1;6*-1. The van der Waals surface area contributed by atoms with E-state index in [1.807, 2.05) is 6.08 Å². The van der Waals surface area contributed by atoms with Gasteiger partial charge in [0.2, 0.25) is 6.33 Å². The number of rotatable bonds is 5. The highest BCUT2D eigenvalue weighted by Crippen LogP contribution is 2.09. The van der Waals surface area contributed by atoms with Crippen molar-refractivity contribution in [3.63, 3.8) is 0 Å². The van der Waals surface area contributed by atoms with E-state index < -0.39 is 43.5 Å². The Kier molecular flexibility index (Phi) is 30.1. The van der Waals surface area contributed by atoms with Gasteiger partial charge in [0.05, 0.1) is 6.54 Å². The molecular formula is C10H17B6F24N2-5. The molecule has 0 aliphatic carbocycles. The Morgan fingerprint density at radius 1 is 0.548 bits per heavy atom. The van der Waals surface area contributed by atoms with E-state index in [9.17, 15) is 104 Å². The molecule has 0 bridgehead atoms. The lowest BCUT2D eigenvalue weighted by molar-refractivity contribution is -0.696. The number of hydrogen-bond acceptors (Lipinski definition) is 0. The van der Waals surface area contributed by atoms with Crippen molar-refractivity contribution in [1.82, 2.24) is 4.57 Å². The highest BCUT2D eigenvalue weighted by molar-refractivity contribution is 6.51. The molecule has 258 valence electrons. The van der Waals surface area contributed by atoms with Crippen molar-refractivity contribution >= 4 is 43.5 Å². The maximum atomic E-state index is 9.75. The fourth-order valence-corrected chi connectivity index (χ4v) is 1.17. The Morgan fingerprint density at radius 3 is 0.976 bits per heavy atom. The van der Waals surface area contributed by atoms with Crippen molar-refractivity contribution in [1.29, 1.82) is 0 Å². The molecule has 2 nitrogen and oxygen atoms in total. The van der Waals surface area contributed by atoms with Crippen LogP contribution in [0.3, 0.4) is 0 Å². The van der Waals surface area contributed by atoms with Crippen LogP contribution in [0.2, 0.25) is 0 Å². The van der Waals surface area contributed by atoms with Gasteiger partial charge < -0.3 is 104 Å². The minimum absolute atomic E-state index is 0.902. The number of aromatic nitrogens is 2. The van der Waals surface area contributed by atoms with Gasteiger partial charge in [0.25, 0.3) is 0 Å². The molecule has 0 saturated heterocycles. The molecule has 0 fully saturated rings. The van der Waals surface area contributed by atoms with Crippen LogP contribution in [0.1, 0.15) is 19.8 Å². The zero-order valence-corrected chi connectivity index (χ0v) is 20.3. The molecule has 0 unspecified atom stereocenters. The molecule has 1 aromatic rings. The van der Waals surface area contributed by atoms with Gasteiger partial charge >= 0.3 is 43.5 Å². The van der Waals surface area contributed by atoms with Crippen LogP contribution in [0.25, 0.3) is 0 Å². The third-order valence-corrected chi connectivity index (χ3v) is 1.86. The number of aryl methyl sites for hydroxylation is 1. The molecule has 0 amide bonds. The Hall–Kier alpha value is -2.34. The van der Waals surface area contributed by atoms with Crippen LogP contribution in [-0.2, 0) is 13.1 Å². The zero-order chi connectivity index (χ0) is 35.8. The second kappa shape index (κ2) is 24.1. The van der Waals surface area contributed by atoms with Gasteiger partial charge in [0.15, 0.2) is 0 Å². The first-order valence-corrected chi connectivity index (χ1v) is 9.76. The number of imidazole rings is 1. The molecule has 0 aliphatic heterocycles. The van der Waals surface area contributed by atoms with Gasteiger partial charge in [-0.2, -0.15) is 0 Å². The molecule has 1 aromatic heterocycles. The topological polar surface area (TPSA) is 8.81 Å². The van der Waals surface area contributed by atoms with E-state index in [0.29, 0.717) is 0 Å². The van der Waals surface area contributed by atoms with E-state index in [0.717, 1.165) is 13.1 Å². The summed E-state index contributed by atoms with van der Waals surface area (Å²) in [6, 6.07) is 0. The number of hydrogen-bond donors (Lipinski definition) is 0. The predicted molar refractivity (Wildman–Crippen MR) is 111 cm³/mol. The summed E-state index contributed by atoms with van der Waals surface area (Å²) in [6.07, 6.45) is 10.7. The Bertz CT molecular complexity index is 604. The van der Waals surface area contributed by atoms with Gasteiger partial charge in [-0.15, -0.1) is 0 Å². The summed E-state index contributed by atoms with van der Waals surface area (Å²) in [5, 5.41) is 0. The summed E-state index contributed by atoms with van der Waals surface area (Å²) in [5.41, 5.74) is 0. The summed E-state index contributed by atoms with van der Waals surface area (Å²) < 4.78 is 238. The van der Waals surface area contributed by atoms with Gasteiger partial charge in [0, 0.05) is 0 Å². The number of nitrogens with zero attached hydrogens (tertiary/aromatic N) is 2. The zero-order valence-electron chi connectivity index (χ0n) is 20.3. The monoisotopic (exact) mass is 687 g/mol. The first-order chi connectivity index (χ1) is 17.9. The first-order valence-electron chi connectivity index (χ1n) is 9.76. The van der Waals surface area contributed by atoms with Crippen molar-refractivity contribution in [3.05, 3.63) is 31.4 Å². The van der Waals surface area contributed by atoms with E-state index in [1.54, 1.807) is 0 Å². The molecule has 0 spiro atoms. The van der Waals surface area contributed by atoms with Crippen LogP contribution in [0, 0.1) is 0 Å². The van der Waals surface area contributed by atoms with Crippen LogP contribution in [0.4, 0.5) is 104 Å². The van der Waals surface area contributed by atoms with Gasteiger partial charge in [-0.1, -0.05) is 26.0 Å². The van der Waals surface area contributed by atoms with Crippen molar-refractivity contribution in [2.75, 3.05) is 0 Å². The minimum Gasteiger partial charge on any atom is -0.418 e. The smallest absolute Gasteiger partial charge is 0.418 e. The number of unbranched alkanes of at least 4 members (excludes halogenated alkanes) is 1. The summed E-state index contributed by atoms with van der Waals surface area (Å²) in [7, 11) is -36.0. The van der Waals surface area contributed by atoms with E-state index in [2.05, 4.69) is 41.4 Å². The summed E-state index contributed by atoms with van der Waals surface area (Å²) in [4.78, 5) is 0. The SMILES string of the molecule is C=CCn1cc[n+](CCCC)c1.F[B-](F)(F)F.F[B-](F)(F)F.F[B-](F)(F)F.F[B-](F)(F)F.F[B-](F)(F)F.F[B-](F)(F)F. The molecule has 0 atom stereocenters. The highest BCUT2D eigenvalue weighted by atomic mass is 19.5. The van der Waals surface area contributed by atoms with E-state index in [-0.39, 0.29) is 0 Å². The average molecular weight is 686 g/mol.